The van der Waals surface area contributed by atoms with Crippen molar-refractivity contribution in [2.75, 3.05) is 40.9 Å². The molecule has 0 aromatic heterocycles. The summed E-state index contributed by atoms with van der Waals surface area (Å²) in [7, 11) is 1.61. The van der Waals surface area contributed by atoms with E-state index in [-0.39, 0.29) is 19.1 Å². The molecule has 3 atom stereocenters. The number of hydrogen-bond donors (Lipinski definition) is 3. The first-order chi connectivity index (χ1) is 16.5. The van der Waals surface area contributed by atoms with Crippen LogP contribution >= 0.6 is 7.82 Å². The van der Waals surface area contributed by atoms with Crippen LogP contribution in [0.5, 0.6) is 0 Å². The molecular formula is C26H56N2O6P+. The lowest BCUT2D eigenvalue weighted by atomic mass is 10.0. The third kappa shape index (κ3) is 22.4. The Morgan fingerprint density at radius 1 is 0.857 bits per heavy atom. The summed E-state index contributed by atoms with van der Waals surface area (Å²) in [5.74, 6) is -0.159. The molecule has 210 valence electrons. The number of aliphatic hydroxyl groups excluding tert-OH is 1. The van der Waals surface area contributed by atoms with Gasteiger partial charge in [-0.25, -0.2) is 4.57 Å². The fourth-order valence-electron chi connectivity index (χ4n) is 3.75. The van der Waals surface area contributed by atoms with Crippen molar-refractivity contribution in [2.45, 2.75) is 122 Å². The van der Waals surface area contributed by atoms with Gasteiger partial charge in [0.15, 0.2) is 0 Å². The third-order valence-corrected chi connectivity index (χ3v) is 7.09. The number of rotatable bonds is 24. The maximum absolute atomic E-state index is 12.5. The van der Waals surface area contributed by atoms with E-state index in [0.29, 0.717) is 23.9 Å². The van der Waals surface area contributed by atoms with Gasteiger partial charge in [-0.3, -0.25) is 13.8 Å². The van der Waals surface area contributed by atoms with E-state index in [1.165, 1.54) is 44.9 Å². The first kappa shape index (κ1) is 34.5. The normalized spacial score (nSPS) is 15.5. The number of amides is 1. The van der Waals surface area contributed by atoms with Gasteiger partial charge in [0, 0.05) is 6.42 Å². The van der Waals surface area contributed by atoms with Crippen molar-refractivity contribution < 1.29 is 32.9 Å². The Morgan fingerprint density at radius 3 is 1.91 bits per heavy atom. The molecular weight excluding hydrogens is 467 g/mol. The summed E-state index contributed by atoms with van der Waals surface area (Å²) in [6.07, 6.45) is 14.5. The van der Waals surface area contributed by atoms with Gasteiger partial charge in [-0.2, -0.15) is 0 Å². The number of hydrogen-bond acceptors (Lipinski definition) is 5. The van der Waals surface area contributed by atoms with Gasteiger partial charge in [-0.05, 0) is 12.8 Å². The topological polar surface area (TPSA) is 105 Å². The molecule has 0 heterocycles. The minimum atomic E-state index is -4.27. The van der Waals surface area contributed by atoms with Gasteiger partial charge < -0.3 is 19.8 Å². The molecule has 0 radical (unpaired) electrons. The van der Waals surface area contributed by atoms with E-state index in [1.54, 1.807) is 0 Å². The standard InChI is InChI=1S/C26H55N2O6P/c1-6-8-10-12-14-16-18-20-26(30)27-24(25(29)19-17-15-13-11-9-7-2)23-34-35(31,32)33-22-21-28(3,4)5/h24-25,29H,6-23H2,1-5H3,(H-,27,30,31,32)/p+1. The number of quaternary nitrogens is 1. The predicted octanol–water partition coefficient (Wildman–Crippen LogP) is 5.56. The zero-order chi connectivity index (χ0) is 26.6. The Bertz CT molecular complexity index is 571. The SMILES string of the molecule is CCCCCCCCCC(=O)NC(COP(=O)(O)OCC[N+](C)(C)C)C(O)CCCCCCCC. The summed E-state index contributed by atoms with van der Waals surface area (Å²) < 4.78 is 23.1. The van der Waals surface area contributed by atoms with Crippen molar-refractivity contribution in [2.24, 2.45) is 0 Å². The minimum Gasteiger partial charge on any atom is -0.391 e. The van der Waals surface area contributed by atoms with E-state index in [4.69, 9.17) is 9.05 Å². The molecule has 0 spiro atoms. The van der Waals surface area contributed by atoms with Crippen molar-refractivity contribution in [1.29, 1.82) is 0 Å². The van der Waals surface area contributed by atoms with Gasteiger partial charge >= 0.3 is 7.82 Å². The molecule has 0 aromatic rings. The van der Waals surface area contributed by atoms with Gasteiger partial charge in [-0.1, -0.05) is 90.9 Å². The molecule has 0 saturated carbocycles. The molecule has 0 fully saturated rings. The van der Waals surface area contributed by atoms with Crippen molar-refractivity contribution in [3.8, 4) is 0 Å². The second-order valence-corrected chi connectivity index (χ2v) is 12.2. The van der Waals surface area contributed by atoms with Crippen LogP contribution in [0, 0.1) is 0 Å². The second-order valence-electron chi connectivity index (χ2n) is 10.8. The first-order valence-electron chi connectivity index (χ1n) is 13.9. The van der Waals surface area contributed by atoms with Crippen LogP contribution in [0.15, 0.2) is 0 Å². The Balaban J connectivity index is 4.64. The molecule has 0 aliphatic heterocycles. The molecule has 35 heavy (non-hydrogen) atoms. The quantitative estimate of drug-likeness (QED) is 0.0869. The molecule has 1 amide bonds. The molecule has 3 N–H and O–H groups in total. The van der Waals surface area contributed by atoms with Gasteiger partial charge in [-0.15, -0.1) is 0 Å². The number of nitrogens with one attached hydrogen (secondary N) is 1. The van der Waals surface area contributed by atoms with Crippen molar-refractivity contribution >= 4 is 13.7 Å². The van der Waals surface area contributed by atoms with Crippen LogP contribution in [-0.2, 0) is 18.4 Å². The first-order valence-corrected chi connectivity index (χ1v) is 15.4. The summed E-state index contributed by atoms with van der Waals surface area (Å²) in [5, 5.41) is 13.6. The molecule has 9 heteroatoms. The molecule has 0 saturated heterocycles. The predicted molar refractivity (Wildman–Crippen MR) is 143 cm³/mol. The maximum Gasteiger partial charge on any atom is 0.472 e. The number of carbonyl (C=O) groups excluding carboxylic acids is 1. The second kappa shape index (κ2) is 20.5. The van der Waals surface area contributed by atoms with Crippen LogP contribution in [0.3, 0.4) is 0 Å². The van der Waals surface area contributed by atoms with Crippen molar-refractivity contribution in [3.05, 3.63) is 0 Å². The number of likely N-dealkylation sites (N-methyl/N-ethyl adjacent to an activating group) is 1. The summed E-state index contributed by atoms with van der Waals surface area (Å²) in [4.78, 5) is 22.6. The summed E-state index contributed by atoms with van der Waals surface area (Å²) in [6, 6.07) is -0.745. The summed E-state index contributed by atoms with van der Waals surface area (Å²) in [6.45, 7) is 4.73. The number of phosphoric ester groups is 1. The fraction of sp³-hybridized carbons (Fsp3) is 0.962. The van der Waals surface area contributed by atoms with E-state index in [9.17, 15) is 19.4 Å². The third-order valence-electron chi connectivity index (χ3n) is 6.11. The highest BCUT2D eigenvalue weighted by Crippen LogP contribution is 2.43. The Labute approximate surface area is 215 Å². The van der Waals surface area contributed by atoms with Gasteiger partial charge in [0.1, 0.15) is 13.2 Å². The van der Waals surface area contributed by atoms with Gasteiger partial charge in [0.2, 0.25) is 5.91 Å². The van der Waals surface area contributed by atoms with Crippen LogP contribution in [-0.4, -0.2) is 73.4 Å². The highest BCUT2D eigenvalue weighted by molar-refractivity contribution is 7.47. The van der Waals surface area contributed by atoms with Crippen LogP contribution in [0.25, 0.3) is 0 Å². The van der Waals surface area contributed by atoms with E-state index in [2.05, 4.69) is 19.2 Å². The van der Waals surface area contributed by atoms with E-state index >= 15 is 0 Å². The molecule has 3 unspecified atom stereocenters. The van der Waals surface area contributed by atoms with Crippen molar-refractivity contribution in [1.82, 2.24) is 5.32 Å². The average Bonchev–Trinajstić information content (AvgIpc) is 2.77. The zero-order valence-corrected chi connectivity index (χ0v) is 24.2. The Kier molecular flexibility index (Phi) is 20.3. The van der Waals surface area contributed by atoms with Crippen molar-refractivity contribution in [3.63, 3.8) is 0 Å². The monoisotopic (exact) mass is 523 g/mol. The molecule has 8 nitrogen and oxygen atoms in total. The molecule has 0 aliphatic carbocycles. The van der Waals surface area contributed by atoms with E-state index in [1.807, 2.05) is 21.1 Å². The van der Waals surface area contributed by atoms with Crippen LogP contribution < -0.4 is 5.32 Å². The van der Waals surface area contributed by atoms with Crippen LogP contribution in [0.1, 0.15) is 110 Å². The lowest BCUT2D eigenvalue weighted by molar-refractivity contribution is -0.870. The summed E-state index contributed by atoms with van der Waals surface area (Å²) in [5.41, 5.74) is 0. The number of phosphoric acid groups is 1. The van der Waals surface area contributed by atoms with Gasteiger partial charge in [0.05, 0.1) is 39.9 Å². The molecule has 0 rings (SSSR count). The van der Waals surface area contributed by atoms with Crippen LogP contribution in [0.2, 0.25) is 0 Å². The Morgan fingerprint density at radius 2 is 1.37 bits per heavy atom. The average molecular weight is 524 g/mol. The van der Waals surface area contributed by atoms with Crippen LogP contribution in [0.4, 0.5) is 0 Å². The largest absolute Gasteiger partial charge is 0.472 e. The highest BCUT2D eigenvalue weighted by atomic mass is 31.2. The maximum atomic E-state index is 12.5. The highest BCUT2D eigenvalue weighted by Gasteiger charge is 2.28. The lowest BCUT2D eigenvalue weighted by Gasteiger charge is -2.26. The number of carbonyl (C=O) groups is 1. The zero-order valence-electron chi connectivity index (χ0n) is 23.3. The molecule has 0 aromatic carbocycles. The number of aliphatic hydroxyl groups is 1. The fourth-order valence-corrected chi connectivity index (χ4v) is 4.48. The summed E-state index contributed by atoms with van der Waals surface area (Å²) >= 11 is 0. The molecule has 0 bridgehead atoms. The van der Waals surface area contributed by atoms with E-state index in [0.717, 1.165) is 38.5 Å². The Hall–Kier alpha value is -0.500. The number of unbranched alkanes of at least 4 members (excludes halogenated alkanes) is 11. The number of nitrogens with zero attached hydrogens (tertiary/aromatic N) is 1. The van der Waals surface area contributed by atoms with Gasteiger partial charge in [0.25, 0.3) is 0 Å². The smallest absolute Gasteiger partial charge is 0.391 e. The minimum absolute atomic E-state index is 0.0763. The van der Waals surface area contributed by atoms with E-state index < -0.39 is 20.0 Å². The lowest BCUT2D eigenvalue weighted by Crippen LogP contribution is -2.46. The molecule has 0 aliphatic rings.